The van der Waals surface area contributed by atoms with Crippen LogP contribution in [0.25, 0.3) is 10.9 Å². The summed E-state index contributed by atoms with van der Waals surface area (Å²) >= 11 is 0. The van der Waals surface area contributed by atoms with Crippen molar-refractivity contribution >= 4 is 16.6 Å². The maximum atomic E-state index is 13.9. The molecule has 0 amide bonds. The van der Waals surface area contributed by atoms with Gasteiger partial charge in [0, 0.05) is 17.0 Å². The summed E-state index contributed by atoms with van der Waals surface area (Å²) in [6.07, 6.45) is 2.27. The monoisotopic (exact) mass is 231 g/mol. The van der Waals surface area contributed by atoms with Gasteiger partial charge in [-0.25, -0.2) is 9.37 Å². The van der Waals surface area contributed by atoms with E-state index in [4.69, 9.17) is 5.84 Å². The molecule has 0 radical (unpaired) electrons. The van der Waals surface area contributed by atoms with Gasteiger partial charge in [0.2, 0.25) is 0 Å². The standard InChI is InChI=1S/C13H14FN3/c1-7-4-9-12(17-15)6-11(8-2-3-8)16-13(9)10(14)5-7/h4-6,8H,2-3,15H2,1H3,(H,16,17). The average Bonchev–Trinajstić information content (AvgIpc) is 3.11. The maximum absolute atomic E-state index is 13.9. The predicted octanol–water partition coefficient (Wildman–Crippen LogP) is 2.85. The number of aromatic nitrogens is 1. The number of hydrogen-bond donors (Lipinski definition) is 2. The number of anilines is 1. The third kappa shape index (κ3) is 1.74. The third-order valence-corrected chi connectivity index (χ3v) is 3.18. The van der Waals surface area contributed by atoms with E-state index in [-0.39, 0.29) is 5.82 Å². The van der Waals surface area contributed by atoms with Gasteiger partial charge in [-0.1, -0.05) is 0 Å². The minimum Gasteiger partial charge on any atom is -0.323 e. The summed E-state index contributed by atoms with van der Waals surface area (Å²) in [5.41, 5.74) is 5.61. The third-order valence-electron chi connectivity index (χ3n) is 3.18. The molecule has 1 aliphatic carbocycles. The van der Waals surface area contributed by atoms with E-state index in [1.807, 2.05) is 19.1 Å². The SMILES string of the molecule is Cc1cc(F)c2nc(C3CC3)cc(NN)c2c1. The van der Waals surface area contributed by atoms with E-state index < -0.39 is 0 Å². The number of benzene rings is 1. The van der Waals surface area contributed by atoms with Gasteiger partial charge in [-0.2, -0.15) is 0 Å². The minimum atomic E-state index is -0.279. The lowest BCUT2D eigenvalue weighted by molar-refractivity contribution is 0.635. The second-order valence-corrected chi connectivity index (χ2v) is 4.66. The number of aryl methyl sites for hydroxylation is 1. The lowest BCUT2D eigenvalue weighted by Gasteiger charge is -2.10. The fourth-order valence-corrected chi connectivity index (χ4v) is 2.15. The van der Waals surface area contributed by atoms with Crippen LogP contribution in [0.1, 0.15) is 30.0 Å². The molecule has 1 aromatic heterocycles. The summed E-state index contributed by atoms with van der Waals surface area (Å²) in [5, 5.41) is 0.745. The van der Waals surface area contributed by atoms with Gasteiger partial charge in [0.15, 0.2) is 0 Å². The number of hydrogen-bond acceptors (Lipinski definition) is 3. The summed E-state index contributed by atoms with van der Waals surface area (Å²) < 4.78 is 13.9. The summed E-state index contributed by atoms with van der Waals surface area (Å²) in [4.78, 5) is 4.42. The van der Waals surface area contributed by atoms with E-state index in [2.05, 4.69) is 10.4 Å². The highest BCUT2D eigenvalue weighted by Crippen LogP contribution is 2.41. The Balaban J connectivity index is 2.31. The topological polar surface area (TPSA) is 50.9 Å². The summed E-state index contributed by atoms with van der Waals surface area (Å²) in [6.45, 7) is 1.86. The van der Waals surface area contributed by atoms with Crippen molar-refractivity contribution < 1.29 is 4.39 Å². The summed E-state index contributed by atoms with van der Waals surface area (Å²) in [7, 11) is 0. The molecule has 17 heavy (non-hydrogen) atoms. The van der Waals surface area contributed by atoms with Gasteiger partial charge >= 0.3 is 0 Å². The zero-order valence-electron chi connectivity index (χ0n) is 9.63. The molecule has 0 bridgehead atoms. The molecular weight excluding hydrogens is 217 g/mol. The van der Waals surface area contributed by atoms with Crippen LogP contribution in [0, 0.1) is 12.7 Å². The smallest absolute Gasteiger partial charge is 0.149 e. The van der Waals surface area contributed by atoms with Crippen LogP contribution in [0.5, 0.6) is 0 Å². The molecule has 1 saturated carbocycles. The molecule has 3 nitrogen and oxygen atoms in total. The Morgan fingerprint density at radius 1 is 1.35 bits per heavy atom. The van der Waals surface area contributed by atoms with Gasteiger partial charge in [-0.05, 0) is 43.5 Å². The highest BCUT2D eigenvalue weighted by atomic mass is 19.1. The molecule has 0 saturated heterocycles. The molecule has 1 fully saturated rings. The highest BCUT2D eigenvalue weighted by Gasteiger charge is 2.26. The number of pyridine rings is 1. The number of nitrogen functional groups attached to an aromatic ring is 1. The second-order valence-electron chi connectivity index (χ2n) is 4.66. The van der Waals surface area contributed by atoms with Crippen LogP contribution in [-0.4, -0.2) is 4.98 Å². The van der Waals surface area contributed by atoms with E-state index in [0.717, 1.165) is 35.2 Å². The number of rotatable bonds is 2. The largest absolute Gasteiger partial charge is 0.323 e. The van der Waals surface area contributed by atoms with E-state index in [1.165, 1.54) is 6.07 Å². The van der Waals surface area contributed by atoms with Crippen LogP contribution in [-0.2, 0) is 0 Å². The normalized spacial score (nSPS) is 15.2. The lowest BCUT2D eigenvalue weighted by atomic mass is 10.1. The fraction of sp³-hybridized carbons (Fsp3) is 0.308. The number of fused-ring (bicyclic) bond motifs is 1. The first-order valence-electron chi connectivity index (χ1n) is 5.76. The van der Waals surface area contributed by atoms with E-state index in [1.54, 1.807) is 0 Å². The van der Waals surface area contributed by atoms with E-state index >= 15 is 0 Å². The Morgan fingerprint density at radius 3 is 2.76 bits per heavy atom. The van der Waals surface area contributed by atoms with Gasteiger partial charge in [-0.3, -0.25) is 5.84 Å². The Kier molecular flexibility index (Phi) is 2.26. The molecule has 0 unspecified atom stereocenters. The van der Waals surface area contributed by atoms with Crippen LogP contribution < -0.4 is 11.3 Å². The number of hydrazine groups is 1. The number of nitrogens with one attached hydrogen (secondary N) is 1. The molecule has 3 rings (SSSR count). The van der Waals surface area contributed by atoms with Gasteiger partial charge < -0.3 is 5.43 Å². The Hall–Kier alpha value is -1.68. The maximum Gasteiger partial charge on any atom is 0.149 e. The Labute approximate surface area is 98.8 Å². The predicted molar refractivity (Wildman–Crippen MR) is 66.2 cm³/mol. The minimum absolute atomic E-state index is 0.279. The zero-order valence-corrected chi connectivity index (χ0v) is 9.63. The van der Waals surface area contributed by atoms with E-state index in [0.29, 0.717) is 11.4 Å². The molecule has 3 N–H and O–H groups in total. The van der Waals surface area contributed by atoms with Crippen LogP contribution >= 0.6 is 0 Å². The van der Waals surface area contributed by atoms with Crippen molar-refractivity contribution in [2.24, 2.45) is 5.84 Å². The Morgan fingerprint density at radius 2 is 2.12 bits per heavy atom. The number of nitrogens with zero attached hydrogens (tertiary/aromatic N) is 1. The molecule has 1 aromatic carbocycles. The molecule has 2 aromatic rings. The molecule has 0 atom stereocenters. The number of nitrogens with two attached hydrogens (primary N) is 1. The molecule has 88 valence electrons. The van der Waals surface area contributed by atoms with Crippen LogP contribution in [0.3, 0.4) is 0 Å². The van der Waals surface area contributed by atoms with Crippen molar-refractivity contribution in [2.75, 3.05) is 5.43 Å². The van der Waals surface area contributed by atoms with Gasteiger partial charge in [0.1, 0.15) is 11.3 Å². The van der Waals surface area contributed by atoms with Crippen molar-refractivity contribution in [1.82, 2.24) is 4.98 Å². The van der Waals surface area contributed by atoms with Gasteiger partial charge in [-0.15, -0.1) is 0 Å². The first-order valence-corrected chi connectivity index (χ1v) is 5.76. The lowest BCUT2D eigenvalue weighted by Crippen LogP contribution is -2.08. The van der Waals surface area contributed by atoms with Crippen LogP contribution in [0.2, 0.25) is 0 Å². The summed E-state index contributed by atoms with van der Waals surface area (Å²) in [5.74, 6) is 5.71. The first kappa shape index (κ1) is 10.5. The van der Waals surface area contributed by atoms with Crippen molar-refractivity contribution in [3.05, 3.63) is 35.3 Å². The van der Waals surface area contributed by atoms with Crippen LogP contribution in [0.15, 0.2) is 18.2 Å². The first-order chi connectivity index (χ1) is 8.19. The average molecular weight is 231 g/mol. The quantitative estimate of drug-likeness (QED) is 0.617. The van der Waals surface area contributed by atoms with Crippen molar-refractivity contribution in [3.8, 4) is 0 Å². The van der Waals surface area contributed by atoms with Crippen molar-refractivity contribution in [1.29, 1.82) is 0 Å². The Bertz CT molecular complexity index is 591. The van der Waals surface area contributed by atoms with Gasteiger partial charge in [0.05, 0.1) is 5.69 Å². The molecule has 0 aliphatic heterocycles. The zero-order chi connectivity index (χ0) is 12.0. The van der Waals surface area contributed by atoms with Crippen LogP contribution in [0.4, 0.5) is 10.1 Å². The molecular formula is C13H14FN3. The van der Waals surface area contributed by atoms with Crippen molar-refractivity contribution in [3.63, 3.8) is 0 Å². The molecule has 1 aliphatic rings. The van der Waals surface area contributed by atoms with E-state index in [9.17, 15) is 4.39 Å². The molecule has 4 heteroatoms. The summed E-state index contributed by atoms with van der Waals surface area (Å²) in [6, 6.07) is 5.34. The second kappa shape index (κ2) is 3.67. The van der Waals surface area contributed by atoms with Gasteiger partial charge in [0.25, 0.3) is 0 Å². The number of halogens is 1. The highest BCUT2D eigenvalue weighted by molar-refractivity contribution is 5.92. The fourth-order valence-electron chi connectivity index (χ4n) is 2.15. The van der Waals surface area contributed by atoms with Crippen molar-refractivity contribution in [2.45, 2.75) is 25.7 Å². The molecule has 1 heterocycles. The molecule has 0 spiro atoms.